The van der Waals surface area contributed by atoms with Crippen LogP contribution < -0.4 is 9.79 Å². The molecule has 1 unspecified atom stereocenters. The van der Waals surface area contributed by atoms with Crippen LogP contribution >= 0.6 is 7.60 Å². The van der Waals surface area contributed by atoms with Crippen molar-refractivity contribution in [3.05, 3.63) is 144 Å². The molecule has 7 rings (SSSR count). The molecule has 2 amide bonds. The smallest absolute Gasteiger partial charge is 0.254 e. The van der Waals surface area contributed by atoms with Crippen LogP contribution in [-0.4, -0.2) is 53.6 Å². The summed E-state index contributed by atoms with van der Waals surface area (Å²) in [7, 11) is -3.89. The van der Waals surface area contributed by atoms with Crippen molar-refractivity contribution in [2.75, 3.05) is 20.1 Å². The lowest BCUT2D eigenvalue weighted by molar-refractivity contribution is -0.315. The molecule has 1 fully saturated rings. The molecule has 0 spiro atoms. The molecule has 1 aliphatic heterocycles. The molecule has 1 aliphatic rings. The van der Waals surface area contributed by atoms with E-state index in [1.54, 1.807) is 71.4 Å². The minimum atomic E-state index is -5.55. The van der Waals surface area contributed by atoms with Crippen LogP contribution in [0.4, 0.5) is 0 Å². The van der Waals surface area contributed by atoms with E-state index in [-0.39, 0.29) is 28.6 Å². The van der Waals surface area contributed by atoms with Crippen molar-refractivity contribution >= 4 is 57.5 Å². The van der Waals surface area contributed by atoms with Crippen LogP contribution in [0, 0.1) is 0 Å². The Hall–Kier alpha value is -5.14. The minimum Gasteiger partial charge on any atom is -0.810 e. The maximum atomic E-state index is 14.4. The molecule has 9 heteroatoms. The lowest BCUT2D eigenvalue weighted by Crippen LogP contribution is -2.47. The highest BCUT2D eigenvalue weighted by Crippen LogP contribution is 2.49. The molecule has 49 heavy (non-hydrogen) atoms. The lowest BCUT2D eigenvalue weighted by Gasteiger charge is -2.39. The molecule has 0 radical (unpaired) electrons. The molecular formula is C40H33N2O6P-2. The maximum Gasteiger partial charge on any atom is 0.254 e. The summed E-state index contributed by atoms with van der Waals surface area (Å²) in [4.78, 5) is 71.2. The van der Waals surface area contributed by atoms with Crippen molar-refractivity contribution in [1.29, 1.82) is 0 Å². The number of likely N-dealkylation sites (tertiary alicyclic amines) is 1. The number of benzene rings is 6. The Morgan fingerprint density at radius 1 is 0.694 bits per heavy atom. The number of rotatable bonds is 7. The van der Waals surface area contributed by atoms with E-state index < -0.39 is 24.9 Å². The average molecular weight is 669 g/mol. The van der Waals surface area contributed by atoms with E-state index in [1.165, 1.54) is 12.1 Å². The fourth-order valence-electron chi connectivity index (χ4n) is 7.03. The Kier molecular flexibility index (Phi) is 8.63. The van der Waals surface area contributed by atoms with Crippen LogP contribution in [0.15, 0.2) is 121 Å². The van der Waals surface area contributed by atoms with Crippen molar-refractivity contribution in [3.8, 4) is 0 Å². The third kappa shape index (κ3) is 6.27. The van der Waals surface area contributed by atoms with Gasteiger partial charge >= 0.3 is 0 Å². The summed E-state index contributed by atoms with van der Waals surface area (Å²) in [5.74, 6) is -1.47. The topological polar surface area (TPSA) is 121 Å². The van der Waals surface area contributed by atoms with Crippen LogP contribution in [0.3, 0.4) is 0 Å². The number of nitrogens with zero attached hydrogens (tertiary/aromatic N) is 2. The number of carbonyl (C=O) groups excluding carboxylic acids is 3. The van der Waals surface area contributed by atoms with Gasteiger partial charge in [0.15, 0.2) is 5.78 Å². The average Bonchev–Trinajstić information content (AvgIpc) is 3.12. The molecule has 1 saturated heterocycles. The molecule has 1 atom stereocenters. The first-order valence-electron chi connectivity index (χ1n) is 16.2. The first-order chi connectivity index (χ1) is 23.6. The number of ketones is 1. The van der Waals surface area contributed by atoms with E-state index in [1.807, 2.05) is 54.6 Å². The first kappa shape index (κ1) is 32.4. The lowest BCUT2D eigenvalue weighted by atomic mass is 9.91. The van der Waals surface area contributed by atoms with Crippen LogP contribution in [-0.2, 0) is 4.57 Å². The number of piperidine rings is 1. The Morgan fingerprint density at radius 2 is 1.24 bits per heavy atom. The number of hydrogen-bond acceptors (Lipinski definition) is 6. The predicted octanol–water partition coefficient (Wildman–Crippen LogP) is 6.36. The molecule has 0 saturated carbocycles. The van der Waals surface area contributed by atoms with E-state index in [2.05, 4.69) is 0 Å². The van der Waals surface area contributed by atoms with Gasteiger partial charge in [-0.25, -0.2) is 0 Å². The van der Waals surface area contributed by atoms with E-state index >= 15 is 0 Å². The largest absolute Gasteiger partial charge is 0.810 e. The summed E-state index contributed by atoms with van der Waals surface area (Å²) in [5.41, 5.74) is -1.43. The van der Waals surface area contributed by atoms with Gasteiger partial charge in [-0.2, -0.15) is 0 Å². The minimum absolute atomic E-state index is 0.0274. The van der Waals surface area contributed by atoms with Crippen molar-refractivity contribution in [2.45, 2.75) is 24.5 Å². The third-order valence-electron chi connectivity index (χ3n) is 9.68. The van der Waals surface area contributed by atoms with Gasteiger partial charge in [0.1, 0.15) is 0 Å². The van der Waals surface area contributed by atoms with Crippen LogP contribution in [0.2, 0.25) is 0 Å². The fourth-order valence-corrected chi connectivity index (χ4v) is 8.02. The number of amides is 2. The van der Waals surface area contributed by atoms with E-state index in [0.717, 1.165) is 10.8 Å². The first-order valence-corrected chi connectivity index (χ1v) is 17.8. The van der Waals surface area contributed by atoms with Crippen LogP contribution in [0.25, 0.3) is 32.3 Å². The third-order valence-corrected chi connectivity index (χ3v) is 10.8. The number of hydrogen-bond donors (Lipinski definition) is 0. The standard InChI is InChI=1S/C40H35N2O6P/c1-41(32-19-21-42(22-20-32)39(44)31-18-17-26-9-2-3-11-28(26)23-31)40(45)36-25-30-13-5-4-12-29(30)24-35(36)37(43)38(49(46,47)48)34-16-8-14-27-10-6-7-15-33(27)34/h2-18,23-25,32,38H,19-22H2,1H3,(H2,46,47,48)/p-2. The monoisotopic (exact) mass is 668 g/mol. The van der Waals surface area contributed by atoms with Gasteiger partial charge in [-0.1, -0.05) is 105 Å². The zero-order chi connectivity index (χ0) is 34.3. The number of carbonyl (C=O) groups is 3. The van der Waals surface area contributed by atoms with Crippen molar-refractivity contribution in [2.24, 2.45) is 0 Å². The van der Waals surface area contributed by atoms with E-state index in [0.29, 0.717) is 53.0 Å². The number of Topliss-reactive ketones (excluding diaryl/α,β-unsaturated/α-hetero) is 1. The molecule has 8 nitrogen and oxygen atoms in total. The van der Waals surface area contributed by atoms with Gasteiger partial charge in [0, 0.05) is 37.3 Å². The zero-order valence-corrected chi connectivity index (χ0v) is 27.7. The Balaban J connectivity index is 1.18. The molecule has 0 N–H and O–H groups in total. The second-order valence-electron chi connectivity index (χ2n) is 12.6. The molecule has 1 heterocycles. The second-order valence-corrected chi connectivity index (χ2v) is 14.2. The normalized spacial score (nSPS) is 14.6. The fraction of sp³-hybridized carbons (Fsp3) is 0.175. The van der Waals surface area contributed by atoms with Gasteiger partial charge < -0.3 is 24.2 Å². The summed E-state index contributed by atoms with van der Waals surface area (Å²) in [5, 5.41) is 4.54. The summed E-state index contributed by atoms with van der Waals surface area (Å²) >= 11 is 0. The molecular weight excluding hydrogens is 635 g/mol. The molecule has 6 aromatic rings. The molecule has 0 aromatic heterocycles. The number of fused-ring (bicyclic) bond motifs is 3. The van der Waals surface area contributed by atoms with Gasteiger partial charge in [0.05, 0.1) is 11.2 Å². The van der Waals surface area contributed by atoms with Crippen molar-refractivity contribution in [3.63, 3.8) is 0 Å². The highest BCUT2D eigenvalue weighted by Gasteiger charge is 2.33. The zero-order valence-electron chi connectivity index (χ0n) is 26.8. The molecule has 6 aromatic carbocycles. The molecule has 0 bridgehead atoms. The summed E-state index contributed by atoms with van der Waals surface area (Å²) in [6.07, 6.45) is 1.04. The Bertz CT molecular complexity index is 2300. The van der Waals surface area contributed by atoms with Crippen molar-refractivity contribution in [1.82, 2.24) is 9.80 Å². The summed E-state index contributed by atoms with van der Waals surface area (Å²) in [6, 6.07) is 35.4. The highest BCUT2D eigenvalue weighted by molar-refractivity contribution is 7.50. The van der Waals surface area contributed by atoms with Gasteiger partial charge in [-0.3, -0.25) is 14.4 Å². The molecule has 246 valence electrons. The van der Waals surface area contributed by atoms with E-state index in [9.17, 15) is 28.7 Å². The summed E-state index contributed by atoms with van der Waals surface area (Å²) < 4.78 is 12.9. The summed E-state index contributed by atoms with van der Waals surface area (Å²) in [6.45, 7) is 0.881. The quantitative estimate of drug-likeness (QED) is 0.144. The highest BCUT2D eigenvalue weighted by atomic mass is 31.2. The SMILES string of the molecule is CN(C(=O)c1cc2ccccc2cc1C(=O)C(c1cccc2ccccc12)P(=O)([O-])[O-])C1CCN(C(=O)c2ccc3ccccc3c2)CC1. The van der Waals surface area contributed by atoms with Crippen molar-refractivity contribution < 1.29 is 28.7 Å². The van der Waals surface area contributed by atoms with Crippen LogP contribution in [0.5, 0.6) is 0 Å². The van der Waals surface area contributed by atoms with Gasteiger partial charge in [-0.05, 0) is 75.0 Å². The van der Waals surface area contributed by atoms with Gasteiger partial charge in [0.2, 0.25) is 0 Å². The molecule has 0 aliphatic carbocycles. The van der Waals surface area contributed by atoms with Gasteiger partial charge in [-0.15, -0.1) is 0 Å². The second kappa shape index (κ2) is 13.1. The van der Waals surface area contributed by atoms with Gasteiger partial charge in [0.25, 0.3) is 11.8 Å². The van der Waals surface area contributed by atoms with Crippen LogP contribution in [0.1, 0.15) is 55.1 Å². The Labute approximate surface area is 283 Å². The van der Waals surface area contributed by atoms with E-state index in [4.69, 9.17) is 0 Å². The predicted molar refractivity (Wildman–Crippen MR) is 188 cm³/mol. The maximum absolute atomic E-state index is 14.4. The Morgan fingerprint density at radius 3 is 1.90 bits per heavy atom.